The summed E-state index contributed by atoms with van der Waals surface area (Å²) in [4.78, 5) is 28.4. The zero-order valence-electron chi connectivity index (χ0n) is 14.6. The van der Waals surface area contributed by atoms with Crippen LogP contribution in [0.1, 0.15) is 31.7 Å². The first-order valence-corrected chi connectivity index (χ1v) is 9.38. The van der Waals surface area contributed by atoms with Gasteiger partial charge in [-0.05, 0) is 37.8 Å². The van der Waals surface area contributed by atoms with E-state index < -0.39 is 5.82 Å². The maximum absolute atomic E-state index is 13.7. The number of halogens is 2. The van der Waals surface area contributed by atoms with Gasteiger partial charge in [-0.25, -0.2) is 14.2 Å². The van der Waals surface area contributed by atoms with E-state index >= 15 is 0 Å². The van der Waals surface area contributed by atoms with Gasteiger partial charge in [0.2, 0.25) is 5.95 Å². The summed E-state index contributed by atoms with van der Waals surface area (Å²) in [7, 11) is 0. The predicted octanol–water partition coefficient (Wildman–Crippen LogP) is 2.73. The van der Waals surface area contributed by atoms with Crippen LogP contribution in [0.4, 0.5) is 4.39 Å². The van der Waals surface area contributed by atoms with Crippen LogP contribution in [-0.4, -0.2) is 40.3 Å². The molecule has 3 aromatic heterocycles. The van der Waals surface area contributed by atoms with Crippen LogP contribution in [0.2, 0.25) is 5.15 Å². The van der Waals surface area contributed by atoms with Gasteiger partial charge >= 0.3 is 5.69 Å². The number of H-pyrrole nitrogens is 1. The number of aliphatic hydroxyl groups excluding tert-OH is 1. The van der Waals surface area contributed by atoms with E-state index in [1.54, 1.807) is 10.6 Å². The van der Waals surface area contributed by atoms with E-state index in [2.05, 4.69) is 19.9 Å². The topological polar surface area (TPSA) is 102 Å². The fourth-order valence-corrected chi connectivity index (χ4v) is 4.07. The van der Waals surface area contributed by atoms with E-state index in [1.807, 2.05) is 0 Å². The molecule has 28 heavy (non-hydrogen) atoms. The lowest BCUT2D eigenvalue weighted by Crippen LogP contribution is -2.28. The second-order valence-corrected chi connectivity index (χ2v) is 7.38. The second kappa shape index (κ2) is 6.39. The second-order valence-electron chi connectivity index (χ2n) is 7.02. The minimum absolute atomic E-state index is 0.0829. The van der Waals surface area contributed by atoms with E-state index in [-0.39, 0.29) is 28.9 Å². The summed E-state index contributed by atoms with van der Waals surface area (Å²) in [6, 6.07) is 4.16. The van der Waals surface area contributed by atoms with Crippen molar-refractivity contribution in [3.63, 3.8) is 0 Å². The van der Waals surface area contributed by atoms with Gasteiger partial charge in [0.05, 0.1) is 17.1 Å². The Kier molecular flexibility index (Phi) is 3.95. The molecule has 0 unspecified atom stereocenters. The number of aliphatic hydroxyl groups is 1. The molecule has 0 amide bonds. The van der Waals surface area contributed by atoms with Crippen LogP contribution >= 0.6 is 11.6 Å². The van der Waals surface area contributed by atoms with Crippen LogP contribution in [-0.2, 0) is 0 Å². The fraction of sp³-hybridized carbons (Fsp3) is 0.333. The molecule has 1 aromatic carbocycles. The molecule has 0 aliphatic heterocycles. The number of imidazole rings is 2. The van der Waals surface area contributed by atoms with Gasteiger partial charge in [0.25, 0.3) is 0 Å². The molecule has 144 valence electrons. The van der Waals surface area contributed by atoms with E-state index in [0.29, 0.717) is 47.9 Å². The predicted molar refractivity (Wildman–Crippen MR) is 101 cm³/mol. The smallest absolute Gasteiger partial charge is 0.328 e. The quantitative estimate of drug-likeness (QED) is 0.502. The van der Waals surface area contributed by atoms with Crippen molar-refractivity contribution in [3.8, 4) is 5.95 Å². The molecule has 1 fully saturated rings. The lowest BCUT2D eigenvalue weighted by molar-refractivity contribution is 0.111. The summed E-state index contributed by atoms with van der Waals surface area (Å²) in [5.74, 6) is -0.199. The average molecular weight is 403 g/mol. The Hall–Kier alpha value is -2.78. The summed E-state index contributed by atoms with van der Waals surface area (Å²) in [5, 5.41) is 9.86. The fourth-order valence-electron chi connectivity index (χ4n) is 3.86. The number of rotatable bonds is 2. The molecule has 0 saturated heterocycles. The van der Waals surface area contributed by atoms with Crippen molar-refractivity contribution in [2.24, 2.45) is 0 Å². The van der Waals surface area contributed by atoms with E-state index in [4.69, 9.17) is 11.6 Å². The number of benzene rings is 1. The molecule has 4 aromatic rings. The number of aromatic nitrogens is 6. The standard InChI is InChI=1S/C18H16ClFN6O2/c19-15-14-16(26(18(28)22-14)10-2-4-11(27)5-3-10)24-17(23-15)25-8-21-12-6-1-9(20)7-13(12)25/h1,6-8,10-11,27H,2-5H2,(H,22,28)/t10-,11-. The third kappa shape index (κ3) is 2.70. The molecule has 1 saturated carbocycles. The van der Waals surface area contributed by atoms with Crippen LogP contribution < -0.4 is 5.69 Å². The molecule has 3 heterocycles. The highest BCUT2D eigenvalue weighted by Crippen LogP contribution is 2.31. The van der Waals surface area contributed by atoms with Crippen LogP contribution in [0.25, 0.3) is 28.1 Å². The zero-order chi connectivity index (χ0) is 19.4. The molecule has 1 aliphatic carbocycles. The molecule has 0 radical (unpaired) electrons. The van der Waals surface area contributed by atoms with Gasteiger partial charge in [-0.15, -0.1) is 0 Å². The Balaban J connectivity index is 1.70. The van der Waals surface area contributed by atoms with Gasteiger partial charge < -0.3 is 10.1 Å². The van der Waals surface area contributed by atoms with Crippen LogP contribution in [0, 0.1) is 5.82 Å². The highest BCUT2D eigenvalue weighted by molar-refractivity contribution is 6.33. The van der Waals surface area contributed by atoms with E-state index in [0.717, 1.165) is 0 Å². The van der Waals surface area contributed by atoms with E-state index in [1.165, 1.54) is 23.0 Å². The van der Waals surface area contributed by atoms with Gasteiger partial charge in [-0.3, -0.25) is 9.13 Å². The van der Waals surface area contributed by atoms with Gasteiger partial charge in [-0.1, -0.05) is 11.6 Å². The summed E-state index contributed by atoms with van der Waals surface area (Å²) in [6.45, 7) is 0. The van der Waals surface area contributed by atoms with Crippen molar-refractivity contribution in [3.05, 3.63) is 46.0 Å². The number of nitrogens with zero attached hydrogens (tertiary/aromatic N) is 5. The highest BCUT2D eigenvalue weighted by Gasteiger charge is 2.26. The third-order valence-electron chi connectivity index (χ3n) is 5.27. The molecular formula is C18H16ClFN6O2. The lowest BCUT2D eigenvalue weighted by Gasteiger charge is -2.26. The zero-order valence-corrected chi connectivity index (χ0v) is 15.4. The van der Waals surface area contributed by atoms with Crippen molar-refractivity contribution < 1.29 is 9.50 Å². The van der Waals surface area contributed by atoms with Crippen LogP contribution in [0.5, 0.6) is 0 Å². The monoisotopic (exact) mass is 402 g/mol. The molecule has 0 bridgehead atoms. The molecule has 0 atom stereocenters. The summed E-state index contributed by atoms with van der Waals surface area (Å²) < 4.78 is 16.8. The first-order valence-electron chi connectivity index (χ1n) is 9.00. The Morgan fingerprint density at radius 1 is 1.21 bits per heavy atom. The molecule has 1 aliphatic rings. The van der Waals surface area contributed by atoms with E-state index in [9.17, 15) is 14.3 Å². The molecular weight excluding hydrogens is 387 g/mol. The van der Waals surface area contributed by atoms with Crippen molar-refractivity contribution in [1.29, 1.82) is 0 Å². The van der Waals surface area contributed by atoms with Crippen molar-refractivity contribution in [1.82, 2.24) is 29.1 Å². The number of fused-ring (bicyclic) bond motifs is 2. The summed E-state index contributed by atoms with van der Waals surface area (Å²) >= 11 is 6.33. The Morgan fingerprint density at radius 3 is 2.79 bits per heavy atom. The average Bonchev–Trinajstić information content (AvgIpc) is 3.23. The van der Waals surface area contributed by atoms with Crippen molar-refractivity contribution >= 4 is 33.8 Å². The Bertz CT molecular complexity index is 1250. The van der Waals surface area contributed by atoms with Crippen LogP contribution in [0.3, 0.4) is 0 Å². The largest absolute Gasteiger partial charge is 0.393 e. The molecule has 8 nitrogen and oxygen atoms in total. The molecule has 2 N–H and O–H groups in total. The molecule has 0 spiro atoms. The highest BCUT2D eigenvalue weighted by atomic mass is 35.5. The maximum atomic E-state index is 13.7. The lowest BCUT2D eigenvalue weighted by atomic mass is 9.93. The number of hydrogen-bond donors (Lipinski definition) is 2. The maximum Gasteiger partial charge on any atom is 0.328 e. The van der Waals surface area contributed by atoms with Crippen LogP contribution in [0.15, 0.2) is 29.3 Å². The normalized spacial score (nSPS) is 20.2. The summed E-state index contributed by atoms with van der Waals surface area (Å²) in [6.07, 6.45) is 3.75. The first kappa shape index (κ1) is 17.3. The third-order valence-corrected chi connectivity index (χ3v) is 5.54. The van der Waals surface area contributed by atoms with Gasteiger partial charge in [0.15, 0.2) is 10.8 Å². The molecule has 5 rings (SSSR count). The minimum atomic E-state index is -0.402. The van der Waals surface area contributed by atoms with Crippen molar-refractivity contribution in [2.75, 3.05) is 0 Å². The number of nitrogens with one attached hydrogen (secondary N) is 1. The van der Waals surface area contributed by atoms with Gasteiger partial charge in [0.1, 0.15) is 17.7 Å². The van der Waals surface area contributed by atoms with Gasteiger partial charge in [-0.2, -0.15) is 9.97 Å². The first-order chi connectivity index (χ1) is 13.5. The number of hydrogen-bond acceptors (Lipinski definition) is 5. The SMILES string of the molecule is O=c1[nH]c2c(Cl)nc(-n3cnc4ccc(F)cc43)nc2n1[C@H]1CC[C@H](O)CC1. The van der Waals surface area contributed by atoms with Gasteiger partial charge in [0, 0.05) is 12.1 Å². The van der Waals surface area contributed by atoms with Crippen molar-refractivity contribution in [2.45, 2.75) is 37.8 Å². The number of aromatic amines is 1. The molecule has 10 heteroatoms. The Morgan fingerprint density at radius 2 is 2.00 bits per heavy atom. The minimum Gasteiger partial charge on any atom is -0.393 e. The summed E-state index contributed by atoms with van der Waals surface area (Å²) in [5.41, 5.74) is 1.53. The Labute approximate surface area is 162 Å².